The second-order valence-electron chi connectivity index (χ2n) is 5.41. The molecule has 1 aliphatic rings. The van der Waals surface area contributed by atoms with Gasteiger partial charge in [-0.1, -0.05) is 29.8 Å². The Bertz CT molecular complexity index is 461. The number of hydrogen-bond donors (Lipinski definition) is 1. The number of carbonyl (C=O) groups excluding carboxylic acids is 1. The molecule has 0 atom stereocenters. The molecular formula is C16H23ClN2O2. The molecule has 116 valence electrons. The van der Waals surface area contributed by atoms with Crippen molar-refractivity contribution < 1.29 is 9.53 Å². The third kappa shape index (κ3) is 5.30. The van der Waals surface area contributed by atoms with Crippen LogP contribution in [0.3, 0.4) is 0 Å². The lowest BCUT2D eigenvalue weighted by molar-refractivity contribution is -0.132. The fourth-order valence-corrected chi connectivity index (χ4v) is 2.63. The first kappa shape index (κ1) is 16.3. The standard InChI is InChI=1S/C16H23ClN2O2/c1-19(12-13-4-2-3-5-15(13)17)16(20)8-11-21-14-6-9-18-10-7-14/h2-5,14,18H,6-12H2,1H3. The molecule has 0 saturated carbocycles. The number of rotatable bonds is 6. The molecular weight excluding hydrogens is 288 g/mol. The van der Waals surface area contributed by atoms with E-state index in [9.17, 15) is 4.79 Å². The highest BCUT2D eigenvalue weighted by Gasteiger charge is 2.15. The number of carbonyl (C=O) groups is 1. The first-order valence-corrected chi connectivity index (χ1v) is 7.84. The van der Waals surface area contributed by atoms with E-state index < -0.39 is 0 Å². The zero-order valence-corrected chi connectivity index (χ0v) is 13.2. The zero-order valence-electron chi connectivity index (χ0n) is 12.5. The monoisotopic (exact) mass is 310 g/mol. The minimum atomic E-state index is 0.0869. The van der Waals surface area contributed by atoms with Crippen molar-refractivity contribution in [3.8, 4) is 0 Å². The average Bonchev–Trinajstić information content (AvgIpc) is 2.50. The number of piperidine rings is 1. The topological polar surface area (TPSA) is 41.6 Å². The summed E-state index contributed by atoms with van der Waals surface area (Å²) in [5.41, 5.74) is 0.967. The fraction of sp³-hybridized carbons (Fsp3) is 0.562. The van der Waals surface area contributed by atoms with E-state index in [0.717, 1.165) is 31.5 Å². The predicted octanol–water partition coefficient (Wildman–Crippen LogP) is 2.46. The lowest BCUT2D eigenvalue weighted by Gasteiger charge is -2.23. The van der Waals surface area contributed by atoms with E-state index in [1.54, 1.807) is 11.9 Å². The maximum Gasteiger partial charge on any atom is 0.224 e. The summed E-state index contributed by atoms with van der Waals surface area (Å²) in [4.78, 5) is 13.8. The van der Waals surface area contributed by atoms with Crippen LogP contribution in [0.1, 0.15) is 24.8 Å². The summed E-state index contributed by atoms with van der Waals surface area (Å²) >= 11 is 6.11. The van der Waals surface area contributed by atoms with E-state index in [-0.39, 0.29) is 5.91 Å². The smallest absolute Gasteiger partial charge is 0.224 e. The van der Waals surface area contributed by atoms with E-state index in [2.05, 4.69) is 5.32 Å². The number of hydrogen-bond acceptors (Lipinski definition) is 3. The lowest BCUT2D eigenvalue weighted by atomic mass is 10.1. The Morgan fingerprint density at radius 1 is 1.38 bits per heavy atom. The molecule has 0 aliphatic carbocycles. The SMILES string of the molecule is CN(Cc1ccccc1Cl)C(=O)CCOC1CCNCC1. The van der Waals surface area contributed by atoms with Gasteiger partial charge in [-0.2, -0.15) is 0 Å². The van der Waals surface area contributed by atoms with E-state index in [1.807, 2.05) is 24.3 Å². The molecule has 1 heterocycles. The number of benzene rings is 1. The highest BCUT2D eigenvalue weighted by molar-refractivity contribution is 6.31. The molecule has 1 fully saturated rings. The van der Waals surface area contributed by atoms with Gasteiger partial charge in [0, 0.05) is 18.6 Å². The molecule has 1 aliphatic heterocycles. The second kappa shape index (κ2) is 8.37. The summed E-state index contributed by atoms with van der Waals surface area (Å²) in [7, 11) is 1.80. The van der Waals surface area contributed by atoms with Crippen LogP contribution in [0.15, 0.2) is 24.3 Å². The van der Waals surface area contributed by atoms with Crippen LogP contribution >= 0.6 is 11.6 Å². The molecule has 2 rings (SSSR count). The Labute approximate surface area is 131 Å². The Hall–Kier alpha value is -1.10. The summed E-state index contributed by atoms with van der Waals surface area (Å²) in [6, 6.07) is 7.60. The molecule has 4 nitrogen and oxygen atoms in total. The summed E-state index contributed by atoms with van der Waals surface area (Å²) in [6.45, 7) is 3.04. The number of nitrogens with one attached hydrogen (secondary N) is 1. The first-order valence-electron chi connectivity index (χ1n) is 7.46. The maximum atomic E-state index is 12.1. The third-order valence-electron chi connectivity index (χ3n) is 3.75. The molecule has 0 bridgehead atoms. The van der Waals surface area contributed by atoms with Crippen LogP contribution in [-0.4, -0.2) is 43.7 Å². The van der Waals surface area contributed by atoms with Crippen LogP contribution in [-0.2, 0) is 16.1 Å². The summed E-state index contributed by atoms with van der Waals surface area (Å²) in [5, 5.41) is 3.99. The maximum absolute atomic E-state index is 12.1. The first-order chi connectivity index (χ1) is 10.2. The molecule has 0 aromatic heterocycles. The molecule has 1 saturated heterocycles. The number of halogens is 1. The Kier molecular flexibility index (Phi) is 6.49. The molecule has 0 spiro atoms. The van der Waals surface area contributed by atoms with Crippen LogP contribution in [0.4, 0.5) is 0 Å². The molecule has 1 aromatic rings. The van der Waals surface area contributed by atoms with Gasteiger partial charge in [-0.05, 0) is 37.6 Å². The molecule has 21 heavy (non-hydrogen) atoms. The van der Waals surface area contributed by atoms with Crippen LogP contribution in [0, 0.1) is 0 Å². The van der Waals surface area contributed by atoms with Gasteiger partial charge in [-0.25, -0.2) is 0 Å². The number of amides is 1. The van der Waals surface area contributed by atoms with Gasteiger partial charge < -0.3 is 15.0 Å². The van der Waals surface area contributed by atoms with E-state index in [4.69, 9.17) is 16.3 Å². The molecule has 5 heteroatoms. The minimum absolute atomic E-state index is 0.0869. The van der Waals surface area contributed by atoms with Gasteiger partial charge in [0.05, 0.1) is 19.1 Å². The summed E-state index contributed by atoms with van der Waals surface area (Å²) in [5.74, 6) is 0.0869. The van der Waals surface area contributed by atoms with E-state index in [1.165, 1.54) is 0 Å². The normalized spacial score (nSPS) is 15.9. The van der Waals surface area contributed by atoms with Crippen molar-refractivity contribution in [1.82, 2.24) is 10.2 Å². The van der Waals surface area contributed by atoms with Crippen LogP contribution in [0.2, 0.25) is 5.02 Å². The molecule has 1 aromatic carbocycles. The van der Waals surface area contributed by atoms with Crippen LogP contribution in [0.5, 0.6) is 0 Å². The second-order valence-corrected chi connectivity index (χ2v) is 5.82. The van der Waals surface area contributed by atoms with E-state index in [0.29, 0.717) is 30.7 Å². The highest BCUT2D eigenvalue weighted by Crippen LogP contribution is 2.16. The molecule has 0 unspecified atom stereocenters. The third-order valence-corrected chi connectivity index (χ3v) is 4.12. The van der Waals surface area contributed by atoms with Gasteiger partial charge in [0.1, 0.15) is 0 Å². The predicted molar refractivity (Wildman–Crippen MR) is 84.4 cm³/mol. The Balaban J connectivity index is 1.71. The van der Waals surface area contributed by atoms with Crippen molar-refractivity contribution in [3.05, 3.63) is 34.9 Å². The van der Waals surface area contributed by atoms with Crippen molar-refractivity contribution in [2.75, 3.05) is 26.7 Å². The molecule has 1 amide bonds. The Morgan fingerprint density at radius 2 is 2.10 bits per heavy atom. The van der Waals surface area contributed by atoms with E-state index >= 15 is 0 Å². The van der Waals surface area contributed by atoms with Crippen molar-refractivity contribution >= 4 is 17.5 Å². The van der Waals surface area contributed by atoms with Gasteiger partial charge in [-0.15, -0.1) is 0 Å². The summed E-state index contributed by atoms with van der Waals surface area (Å²) in [6.07, 6.45) is 2.78. The largest absolute Gasteiger partial charge is 0.378 e. The van der Waals surface area contributed by atoms with Crippen LogP contribution in [0.25, 0.3) is 0 Å². The Morgan fingerprint density at radius 3 is 2.81 bits per heavy atom. The molecule has 0 radical (unpaired) electrons. The van der Waals surface area contributed by atoms with Gasteiger partial charge in [0.25, 0.3) is 0 Å². The van der Waals surface area contributed by atoms with Crippen molar-refractivity contribution in [1.29, 1.82) is 0 Å². The van der Waals surface area contributed by atoms with Crippen molar-refractivity contribution in [2.45, 2.75) is 31.9 Å². The average molecular weight is 311 g/mol. The minimum Gasteiger partial charge on any atom is -0.378 e. The van der Waals surface area contributed by atoms with Crippen LogP contribution < -0.4 is 5.32 Å². The lowest BCUT2D eigenvalue weighted by Crippen LogP contribution is -2.33. The molecule has 1 N–H and O–H groups in total. The fourth-order valence-electron chi connectivity index (χ4n) is 2.44. The van der Waals surface area contributed by atoms with Gasteiger partial charge in [0.15, 0.2) is 0 Å². The van der Waals surface area contributed by atoms with Gasteiger partial charge in [0.2, 0.25) is 5.91 Å². The van der Waals surface area contributed by atoms with Crippen molar-refractivity contribution in [2.24, 2.45) is 0 Å². The zero-order chi connectivity index (χ0) is 15.1. The van der Waals surface area contributed by atoms with Gasteiger partial charge in [-0.3, -0.25) is 4.79 Å². The highest BCUT2D eigenvalue weighted by atomic mass is 35.5. The quantitative estimate of drug-likeness (QED) is 0.877. The number of ether oxygens (including phenoxy) is 1. The number of nitrogens with zero attached hydrogens (tertiary/aromatic N) is 1. The van der Waals surface area contributed by atoms with Crippen molar-refractivity contribution in [3.63, 3.8) is 0 Å². The summed E-state index contributed by atoms with van der Waals surface area (Å²) < 4.78 is 5.76. The van der Waals surface area contributed by atoms with Gasteiger partial charge >= 0.3 is 0 Å².